The summed E-state index contributed by atoms with van der Waals surface area (Å²) in [7, 11) is 0. The normalized spacial score (nSPS) is 10.7. The van der Waals surface area contributed by atoms with Crippen LogP contribution in [-0.2, 0) is 0 Å². The maximum atomic E-state index is 11.4. The molecule has 1 amide bonds. The van der Waals surface area contributed by atoms with Crippen LogP contribution in [0.25, 0.3) is 22.0 Å². The number of primary amides is 1. The summed E-state index contributed by atoms with van der Waals surface area (Å²) in [5, 5.41) is 7.58. The van der Waals surface area contributed by atoms with E-state index in [1.807, 2.05) is 48.5 Å². The molecule has 0 bridgehead atoms. The van der Waals surface area contributed by atoms with Crippen LogP contribution in [0.1, 0.15) is 10.5 Å². The van der Waals surface area contributed by atoms with Crippen LogP contribution in [0, 0.1) is 0 Å². The Morgan fingerprint density at radius 2 is 1.83 bits per heavy atom. The molecule has 4 heteroatoms. The Morgan fingerprint density at radius 1 is 1.06 bits per heavy atom. The second kappa shape index (κ2) is 4.00. The number of rotatable bonds is 2. The van der Waals surface area contributed by atoms with Crippen LogP contribution < -0.4 is 5.73 Å². The third kappa shape index (κ3) is 1.55. The predicted molar refractivity (Wildman–Crippen MR) is 70.0 cm³/mol. The van der Waals surface area contributed by atoms with Gasteiger partial charge in [0.15, 0.2) is 5.69 Å². The van der Waals surface area contributed by atoms with Crippen LogP contribution in [0.3, 0.4) is 0 Å². The zero-order valence-electron chi connectivity index (χ0n) is 9.55. The minimum atomic E-state index is -0.523. The minimum absolute atomic E-state index is 0.282. The summed E-state index contributed by atoms with van der Waals surface area (Å²) in [6.07, 6.45) is 0. The second-order valence-corrected chi connectivity index (χ2v) is 4.03. The largest absolute Gasteiger partial charge is 0.364 e. The fourth-order valence-corrected chi connectivity index (χ4v) is 2.11. The molecule has 1 aromatic heterocycles. The van der Waals surface area contributed by atoms with Crippen molar-refractivity contribution in [2.45, 2.75) is 0 Å². The van der Waals surface area contributed by atoms with Gasteiger partial charge in [0.05, 0.1) is 5.52 Å². The standard InChI is InChI=1S/C14H11N3O/c15-14(18)13-12-10(9-5-2-1-3-6-9)7-4-8-11(12)16-17-13/h1-8H,(H2,15,18)(H,16,17). The number of aromatic nitrogens is 2. The van der Waals surface area contributed by atoms with E-state index in [2.05, 4.69) is 10.2 Å². The molecule has 0 unspecified atom stereocenters. The van der Waals surface area contributed by atoms with E-state index in [-0.39, 0.29) is 5.69 Å². The van der Waals surface area contributed by atoms with Crippen molar-refractivity contribution in [2.75, 3.05) is 0 Å². The zero-order valence-corrected chi connectivity index (χ0v) is 9.55. The Kier molecular flexibility index (Phi) is 2.34. The first-order chi connectivity index (χ1) is 8.77. The quantitative estimate of drug-likeness (QED) is 0.718. The van der Waals surface area contributed by atoms with Crippen molar-refractivity contribution in [3.63, 3.8) is 0 Å². The molecule has 3 N–H and O–H groups in total. The van der Waals surface area contributed by atoms with Gasteiger partial charge in [-0.15, -0.1) is 0 Å². The number of carbonyl (C=O) groups is 1. The molecule has 0 aliphatic rings. The van der Waals surface area contributed by atoms with Crippen LogP contribution >= 0.6 is 0 Å². The van der Waals surface area contributed by atoms with E-state index in [9.17, 15) is 4.79 Å². The van der Waals surface area contributed by atoms with Gasteiger partial charge in [0.25, 0.3) is 5.91 Å². The van der Waals surface area contributed by atoms with Crippen molar-refractivity contribution < 1.29 is 4.79 Å². The highest BCUT2D eigenvalue weighted by molar-refractivity contribution is 6.09. The van der Waals surface area contributed by atoms with Gasteiger partial charge in [-0.1, -0.05) is 42.5 Å². The van der Waals surface area contributed by atoms with E-state index in [1.54, 1.807) is 0 Å². The summed E-state index contributed by atoms with van der Waals surface area (Å²) in [6.45, 7) is 0. The van der Waals surface area contributed by atoms with Crippen molar-refractivity contribution in [2.24, 2.45) is 5.73 Å². The monoisotopic (exact) mass is 237 g/mol. The summed E-state index contributed by atoms with van der Waals surface area (Å²) in [5.74, 6) is -0.523. The summed E-state index contributed by atoms with van der Waals surface area (Å²) >= 11 is 0. The molecular formula is C14H11N3O. The van der Waals surface area contributed by atoms with E-state index in [4.69, 9.17) is 5.73 Å². The third-order valence-electron chi connectivity index (χ3n) is 2.91. The fourth-order valence-electron chi connectivity index (χ4n) is 2.11. The molecule has 3 rings (SSSR count). The topological polar surface area (TPSA) is 71.8 Å². The van der Waals surface area contributed by atoms with Crippen molar-refractivity contribution in [3.8, 4) is 11.1 Å². The summed E-state index contributed by atoms with van der Waals surface area (Å²) < 4.78 is 0. The van der Waals surface area contributed by atoms with E-state index < -0.39 is 5.91 Å². The van der Waals surface area contributed by atoms with E-state index >= 15 is 0 Å². The molecule has 0 radical (unpaired) electrons. The van der Waals surface area contributed by atoms with Gasteiger partial charge >= 0.3 is 0 Å². The third-order valence-corrected chi connectivity index (χ3v) is 2.91. The highest BCUT2D eigenvalue weighted by Crippen LogP contribution is 2.29. The maximum absolute atomic E-state index is 11.4. The van der Waals surface area contributed by atoms with E-state index in [0.717, 1.165) is 22.0 Å². The number of H-pyrrole nitrogens is 1. The number of nitrogens with zero attached hydrogens (tertiary/aromatic N) is 1. The zero-order chi connectivity index (χ0) is 12.5. The Bertz CT molecular complexity index is 716. The lowest BCUT2D eigenvalue weighted by Gasteiger charge is -2.03. The first-order valence-electron chi connectivity index (χ1n) is 5.59. The number of amides is 1. The summed E-state index contributed by atoms with van der Waals surface area (Å²) in [6, 6.07) is 15.6. The molecule has 3 aromatic rings. The Morgan fingerprint density at radius 3 is 2.56 bits per heavy atom. The van der Waals surface area contributed by atoms with E-state index in [1.165, 1.54) is 0 Å². The van der Waals surface area contributed by atoms with Crippen LogP contribution in [0.15, 0.2) is 48.5 Å². The summed E-state index contributed by atoms with van der Waals surface area (Å²) in [5.41, 5.74) is 8.43. The van der Waals surface area contributed by atoms with Gasteiger partial charge < -0.3 is 5.73 Å². The Balaban J connectivity index is 2.36. The number of carbonyl (C=O) groups excluding carboxylic acids is 1. The highest BCUT2D eigenvalue weighted by atomic mass is 16.1. The Hall–Kier alpha value is -2.62. The number of fused-ring (bicyclic) bond motifs is 1. The van der Waals surface area contributed by atoms with Crippen molar-refractivity contribution in [1.29, 1.82) is 0 Å². The molecule has 0 fully saturated rings. The molecule has 0 aliphatic heterocycles. The van der Waals surface area contributed by atoms with Crippen LogP contribution in [0.2, 0.25) is 0 Å². The van der Waals surface area contributed by atoms with Crippen molar-refractivity contribution >= 4 is 16.8 Å². The number of hydrogen-bond donors (Lipinski definition) is 2. The first kappa shape index (κ1) is 10.5. The van der Waals surface area contributed by atoms with Gasteiger partial charge in [0.2, 0.25) is 0 Å². The number of aromatic amines is 1. The fraction of sp³-hybridized carbons (Fsp3) is 0. The average molecular weight is 237 g/mol. The lowest BCUT2D eigenvalue weighted by atomic mass is 10.00. The van der Waals surface area contributed by atoms with Crippen molar-refractivity contribution in [1.82, 2.24) is 10.2 Å². The first-order valence-corrected chi connectivity index (χ1v) is 5.59. The molecule has 0 spiro atoms. The molecule has 4 nitrogen and oxygen atoms in total. The number of hydrogen-bond acceptors (Lipinski definition) is 2. The molecule has 18 heavy (non-hydrogen) atoms. The summed E-state index contributed by atoms with van der Waals surface area (Å²) in [4.78, 5) is 11.4. The van der Waals surface area contributed by atoms with Gasteiger partial charge in [0, 0.05) is 5.39 Å². The molecule has 0 saturated carbocycles. The second-order valence-electron chi connectivity index (χ2n) is 4.03. The SMILES string of the molecule is NC(=O)c1n[nH]c2cccc(-c3ccccc3)c12. The van der Waals surface area contributed by atoms with E-state index in [0.29, 0.717) is 0 Å². The average Bonchev–Trinajstić information content (AvgIpc) is 2.83. The molecule has 1 heterocycles. The van der Waals surface area contributed by atoms with Gasteiger partial charge in [-0.3, -0.25) is 9.89 Å². The number of nitrogens with one attached hydrogen (secondary N) is 1. The molecule has 2 aromatic carbocycles. The predicted octanol–water partition coefficient (Wildman–Crippen LogP) is 2.33. The van der Waals surface area contributed by atoms with Crippen molar-refractivity contribution in [3.05, 3.63) is 54.2 Å². The molecule has 0 saturated heterocycles. The van der Waals surface area contributed by atoms with Crippen LogP contribution in [0.5, 0.6) is 0 Å². The lowest BCUT2D eigenvalue weighted by molar-refractivity contribution is 0.0997. The molecule has 0 aliphatic carbocycles. The molecule has 0 atom stereocenters. The highest BCUT2D eigenvalue weighted by Gasteiger charge is 2.14. The van der Waals surface area contributed by atoms with Gasteiger partial charge in [-0.25, -0.2) is 0 Å². The Labute approximate surface area is 103 Å². The van der Waals surface area contributed by atoms with Gasteiger partial charge in [-0.2, -0.15) is 5.10 Å². The van der Waals surface area contributed by atoms with Crippen LogP contribution in [0.4, 0.5) is 0 Å². The molecular weight excluding hydrogens is 226 g/mol. The lowest BCUT2D eigenvalue weighted by Crippen LogP contribution is -2.12. The maximum Gasteiger partial charge on any atom is 0.269 e. The smallest absolute Gasteiger partial charge is 0.269 e. The number of nitrogens with two attached hydrogens (primary N) is 1. The number of benzene rings is 2. The van der Waals surface area contributed by atoms with Crippen LogP contribution in [-0.4, -0.2) is 16.1 Å². The van der Waals surface area contributed by atoms with Gasteiger partial charge in [0.1, 0.15) is 0 Å². The van der Waals surface area contributed by atoms with Gasteiger partial charge in [-0.05, 0) is 17.2 Å². The minimum Gasteiger partial charge on any atom is -0.364 e. The molecule has 88 valence electrons.